The molecular formula is C15H17ClFN3O. The Morgan fingerprint density at radius 3 is 2.90 bits per heavy atom. The number of alkyl halides is 1. The lowest BCUT2D eigenvalue weighted by Crippen LogP contribution is -2.38. The predicted octanol–water partition coefficient (Wildman–Crippen LogP) is 3.27. The molecule has 0 spiro atoms. The minimum absolute atomic E-state index is 0.124. The van der Waals surface area contributed by atoms with E-state index < -0.39 is 0 Å². The van der Waals surface area contributed by atoms with Gasteiger partial charge in [-0.15, -0.1) is 11.6 Å². The van der Waals surface area contributed by atoms with Crippen molar-refractivity contribution >= 4 is 28.5 Å². The predicted molar refractivity (Wildman–Crippen MR) is 79.9 cm³/mol. The molecule has 0 aliphatic carbocycles. The van der Waals surface area contributed by atoms with Crippen LogP contribution in [0.2, 0.25) is 0 Å². The summed E-state index contributed by atoms with van der Waals surface area (Å²) < 4.78 is 15.5. The molecule has 3 rings (SSSR count). The first kappa shape index (κ1) is 14.3. The Bertz CT molecular complexity index is 698. The molecular weight excluding hydrogens is 293 g/mol. The van der Waals surface area contributed by atoms with E-state index >= 15 is 0 Å². The van der Waals surface area contributed by atoms with E-state index in [9.17, 15) is 9.18 Å². The Kier molecular flexibility index (Phi) is 3.61. The van der Waals surface area contributed by atoms with Crippen molar-refractivity contribution in [2.75, 3.05) is 13.6 Å². The summed E-state index contributed by atoms with van der Waals surface area (Å²) in [7, 11) is 1.80. The lowest BCUT2D eigenvalue weighted by Gasteiger charge is -2.32. The smallest absolute Gasteiger partial charge is 0.222 e. The number of likely N-dealkylation sites (tertiary alicyclic amines) is 1. The van der Waals surface area contributed by atoms with E-state index in [0.29, 0.717) is 18.5 Å². The molecule has 0 radical (unpaired) electrons. The lowest BCUT2D eigenvalue weighted by atomic mass is 10.0. The number of benzene rings is 1. The number of carbonyl (C=O) groups is 1. The van der Waals surface area contributed by atoms with E-state index in [1.807, 2.05) is 6.92 Å². The fraction of sp³-hybridized carbons (Fsp3) is 0.467. The summed E-state index contributed by atoms with van der Waals surface area (Å²) >= 11 is 6.25. The van der Waals surface area contributed by atoms with Crippen LogP contribution in [0, 0.1) is 5.82 Å². The van der Waals surface area contributed by atoms with Gasteiger partial charge in [0.25, 0.3) is 0 Å². The van der Waals surface area contributed by atoms with Gasteiger partial charge in [-0.05, 0) is 25.5 Å². The summed E-state index contributed by atoms with van der Waals surface area (Å²) in [5.41, 5.74) is 1.48. The SMILES string of the molecule is CC(Cl)c1nc2cc(F)ccc2n1C1CCC(=O)N(C)C1. The Morgan fingerprint density at radius 2 is 2.24 bits per heavy atom. The lowest BCUT2D eigenvalue weighted by molar-refractivity contribution is -0.132. The van der Waals surface area contributed by atoms with Crippen molar-refractivity contribution in [2.45, 2.75) is 31.2 Å². The minimum atomic E-state index is -0.308. The third kappa shape index (κ3) is 2.50. The molecule has 1 saturated heterocycles. The average molecular weight is 310 g/mol. The van der Waals surface area contributed by atoms with Gasteiger partial charge < -0.3 is 9.47 Å². The van der Waals surface area contributed by atoms with E-state index in [0.717, 1.165) is 17.8 Å². The number of hydrogen-bond donors (Lipinski definition) is 0. The van der Waals surface area contributed by atoms with Crippen molar-refractivity contribution in [1.29, 1.82) is 0 Å². The number of aromatic nitrogens is 2. The topological polar surface area (TPSA) is 38.1 Å². The molecule has 1 aliphatic heterocycles. The largest absolute Gasteiger partial charge is 0.344 e. The number of likely N-dealkylation sites (N-methyl/N-ethyl adjacent to an activating group) is 1. The molecule has 6 heteroatoms. The van der Waals surface area contributed by atoms with Gasteiger partial charge in [0.1, 0.15) is 11.6 Å². The van der Waals surface area contributed by atoms with Crippen LogP contribution in [0.15, 0.2) is 18.2 Å². The monoisotopic (exact) mass is 309 g/mol. The molecule has 4 nitrogen and oxygen atoms in total. The standard InChI is InChI=1S/C15H17ClFN3O/c1-9(16)15-18-12-7-10(17)3-5-13(12)20(15)11-4-6-14(21)19(2)8-11/h3,5,7,9,11H,4,6,8H2,1-2H3. The zero-order chi connectivity index (χ0) is 15.1. The van der Waals surface area contributed by atoms with Gasteiger partial charge in [-0.25, -0.2) is 9.37 Å². The van der Waals surface area contributed by atoms with Crippen molar-refractivity contribution in [3.63, 3.8) is 0 Å². The Hall–Kier alpha value is -1.62. The first-order valence-corrected chi connectivity index (χ1v) is 7.46. The minimum Gasteiger partial charge on any atom is -0.344 e. The molecule has 2 aromatic rings. The van der Waals surface area contributed by atoms with Crippen LogP contribution in [0.1, 0.15) is 37.0 Å². The normalized spacial score (nSPS) is 21.0. The second kappa shape index (κ2) is 5.30. The molecule has 21 heavy (non-hydrogen) atoms. The van der Waals surface area contributed by atoms with Crippen molar-refractivity contribution in [2.24, 2.45) is 0 Å². The number of rotatable bonds is 2. The summed E-state index contributed by atoms with van der Waals surface area (Å²) in [5, 5.41) is -0.275. The van der Waals surface area contributed by atoms with Gasteiger partial charge in [0.05, 0.1) is 22.5 Å². The van der Waals surface area contributed by atoms with Gasteiger partial charge >= 0.3 is 0 Å². The quantitative estimate of drug-likeness (QED) is 0.799. The number of piperidine rings is 1. The van der Waals surface area contributed by atoms with Crippen LogP contribution in [-0.2, 0) is 4.79 Å². The summed E-state index contributed by atoms with van der Waals surface area (Å²) in [5.74, 6) is 0.573. The van der Waals surface area contributed by atoms with E-state index in [2.05, 4.69) is 9.55 Å². The number of carbonyl (C=O) groups excluding carboxylic acids is 1. The van der Waals surface area contributed by atoms with Gasteiger partial charge in [0.2, 0.25) is 5.91 Å². The van der Waals surface area contributed by atoms with Gasteiger partial charge in [-0.2, -0.15) is 0 Å². The highest BCUT2D eigenvalue weighted by atomic mass is 35.5. The first-order valence-electron chi connectivity index (χ1n) is 7.03. The van der Waals surface area contributed by atoms with Crippen LogP contribution in [0.25, 0.3) is 11.0 Å². The molecule has 1 amide bonds. The van der Waals surface area contributed by atoms with Gasteiger partial charge in [-0.3, -0.25) is 4.79 Å². The van der Waals surface area contributed by atoms with Crippen LogP contribution >= 0.6 is 11.6 Å². The molecule has 0 N–H and O–H groups in total. The van der Waals surface area contributed by atoms with Gasteiger partial charge in [0, 0.05) is 26.1 Å². The first-order chi connectivity index (χ1) is 9.97. The molecule has 0 bridgehead atoms. The Labute approximate surface area is 127 Å². The zero-order valence-corrected chi connectivity index (χ0v) is 12.8. The molecule has 1 aromatic carbocycles. The highest BCUT2D eigenvalue weighted by Gasteiger charge is 2.28. The summed E-state index contributed by atoms with van der Waals surface area (Å²) in [6.07, 6.45) is 1.26. The third-order valence-electron chi connectivity index (χ3n) is 4.00. The number of halogens is 2. The van der Waals surface area contributed by atoms with E-state index in [1.165, 1.54) is 12.1 Å². The van der Waals surface area contributed by atoms with Crippen molar-refractivity contribution < 1.29 is 9.18 Å². The van der Waals surface area contributed by atoms with Crippen LogP contribution < -0.4 is 0 Å². The summed E-state index contributed by atoms with van der Waals surface area (Å²) in [6, 6.07) is 4.71. The molecule has 2 atom stereocenters. The highest BCUT2D eigenvalue weighted by Crippen LogP contribution is 2.32. The maximum atomic E-state index is 13.4. The van der Waals surface area contributed by atoms with Crippen LogP contribution in [0.4, 0.5) is 4.39 Å². The number of amides is 1. The third-order valence-corrected chi connectivity index (χ3v) is 4.20. The number of hydrogen-bond acceptors (Lipinski definition) is 2. The molecule has 1 fully saturated rings. The maximum Gasteiger partial charge on any atom is 0.222 e. The molecule has 1 aromatic heterocycles. The fourth-order valence-corrected chi connectivity index (χ4v) is 3.11. The van der Waals surface area contributed by atoms with Crippen LogP contribution in [0.3, 0.4) is 0 Å². The number of imidazole rings is 1. The molecule has 0 saturated carbocycles. The summed E-state index contributed by atoms with van der Waals surface area (Å²) in [6.45, 7) is 2.48. The second-order valence-electron chi connectivity index (χ2n) is 5.56. The second-order valence-corrected chi connectivity index (χ2v) is 6.21. The van der Waals surface area contributed by atoms with Gasteiger partial charge in [0.15, 0.2) is 0 Å². The molecule has 2 unspecified atom stereocenters. The Morgan fingerprint density at radius 1 is 1.48 bits per heavy atom. The van der Waals surface area contributed by atoms with Crippen molar-refractivity contribution in [1.82, 2.24) is 14.5 Å². The molecule has 112 valence electrons. The molecule has 1 aliphatic rings. The van der Waals surface area contributed by atoms with E-state index in [4.69, 9.17) is 11.6 Å². The molecule has 2 heterocycles. The highest BCUT2D eigenvalue weighted by molar-refractivity contribution is 6.20. The van der Waals surface area contributed by atoms with E-state index in [-0.39, 0.29) is 23.1 Å². The van der Waals surface area contributed by atoms with E-state index in [1.54, 1.807) is 18.0 Å². The fourth-order valence-electron chi connectivity index (χ4n) is 2.96. The average Bonchev–Trinajstić information content (AvgIpc) is 2.80. The van der Waals surface area contributed by atoms with Gasteiger partial charge in [-0.1, -0.05) is 0 Å². The van der Waals surface area contributed by atoms with Crippen LogP contribution in [0.5, 0.6) is 0 Å². The summed E-state index contributed by atoms with van der Waals surface area (Å²) in [4.78, 5) is 17.9. The van der Waals surface area contributed by atoms with Crippen molar-refractivity contribution in [3.05, 3.63) is 29.8 Å². The van der Waals surface area contributed by atoms with Crippen LogP contribution in [-0.4, -0.2) is 34.0 Å². The zero-order valence-electron chi connectivity index (χ0n) is 12.0. The Balaban J connectivity index is 2.11. The number of fused-ring (bicyclic) bond motifs is 1. The maximum absolute atomic E-state index is 13.4. The van der Waals surface area contributed by atoms with Crippen molar-refractivity contribution in [3.8, 4) is 0 Å². The number of nitrogens with zero attached hydrogens (tertiary/aromatic N) is 3.